The Labute approximate surface area is 280 Å². The molecule has 1 nitrogen and oxygen atoms in total. The number of rotatable bonds is 3. The van der Waals surface area contributed by atoms with Gasteiger partial charge in [0.2, 0.25) is 0 Å². The lowest BCUT2D eigenvalue weighted by atomic mass is 9.81. The van der Waals surface area contributed by atoms with Gasteiger partial charge in [-0.3, -0.25) is 0 Å². The van der Waals surface area contributed by atoms with Crippen molar-refractivity contribution in [3.05, 3.63) is 169 Å². The van der Waals surface area contributed by atoms with E-state index >= 15 is 0 Å². The van der Waals surface area contributed by atoms with Crippen LogP contribution in [-0.4, -0.2) is 0 Å². The highest BCUT2D eigenvalue weighted by Gasteiger charge is 2.36. The number of fused-ring (bicyclic) bond motifs is 7. The molecule has 0 aromatic heterocycles. The van der Waals surface area contributed by atoms with Crippen LogP contribution in [0.15, 0.2) is 158 Å². The Morgan fingerprint density at radius 2 is 1.08 bits per heavy atom. The van der Waals surface area contributed by atoms with E-state index in [9.17, 15) is 0 Å². The van der Waals surface area contributed by atoms with Crippen molar-refractivity contribution in [3.8, 4) is 67.1 Å². The number of ether oxygens (including phenoxy) is 1. The molecule has 0 spiro atoms. The summed E-state index contributed by atoms with van der Waals surface area (Å²) in [6.45, 7) is 4.73. The molecule has 1 aliphatic heterocycles. The van der Waals surface area contributed by atoms with Crippen molar-refractivity contribution in [2.45, 2.75) is 19.3 Å². The highest BCUT2D eigenvalue weighted by molar-refractivity contribution is 6.10. The van der Waals surface area contributed by atoms with E-state index in [1.54, 1.807) is 0 Å². The van der Waals surface area contributed by atoms with Crippen molar-refractivity contribution < 1.29 is 4.74 Å². The van der Waals surface area contributed by atoms with Gasteiger partial charge in [-0.25, -0.2) is 0 Å². The maximum absolute atomic E-state index is 6.54. The molecule has 2 aliphatic rings. The summed E-state index contributed by atoms with van der Waals surface area (Å²) in [4.78, 5) is 0. The van der Waals surface area contributed by atoms with Crippen LogP contribution in [0.4, 0.5) is 0 Å². The van der Waals surface area contributed by atoms with Crippen LogP contribution in [0, 0.1) is 0 Å². The number of hydrogen-bond acceptors (Lipinski definition) is 1. The van der Waals surface area contributed by atoms with Crippen molar-refractivity contribution in [1.29, 1.82) is 0 Å². The minimum atomic E-state index is -0.0742. The highest BCUT2D eigenvalue weighted by Crippen LogP contribution is 2.53. The summed E-state index contributed by atoms with van der Waals surface area (Å²) in [6.07, 6.45) is 0. The lowest BCUT2D eigenvalue weighted by Crippen LogP contribution is -2.15. The van der Waals surface area contributed by atoms with Crippen LogP contribution < -0.4 is 4.74 Å². The largest absolute Gasteiger partial charge is 0.456 e. The maximum Gasteiger partial charge on any atom is 0.135 e. The second kappa shape index (κ2) is 10.0. The van der Waals surface area contributed by atoms with Gasteiger partial charge in [0, 0.05) is 16.4 Å². The molecule has 0 N–H and O–H groups in total. The summed E-state index contributed by atoms with van der Waals surface area (Å²) in [5.41, 5.74) is 15.1. The second-order valence-electron chi connectivity index (χ2n) is 13.7. The van der Waals surface area contributed by atoms with Crippen LogP contribution in [0.5, 0.6) is 11.5 Å². The van der Waals surface area contributed by atoms with Gasteiger partial charge in [-0.15, -0.1) is 0 Å². The van der Waals surface area contributed by atoms with Crippen molar-refractivity contribution in [1.82, 2.24) is 0 Å². The predicted molar refractivity (Wildman–Crippen MR) is 201 cm³/mol. The van der Waals surface area contributed by atoms with E-state index in [2.05, 4.69) is 172 Å². The first-order valence-electron chi connectivity index (χ1n) is 16.8. The molecular formula is C47H32O. The van der Waals surface area contributed by atoms with Gasteiger partial charge in [-0.2, -0.15) is 0 Å². The molecule has 0 unspecified atom stereocenters. The molecule has 1 heterocycles. The van der Waals surface area contributed by atoms with Crippen molar-refractivity contribution >= 4 is 21.5 Å². The first kappa shape index (κ1) is 27.2. The molecule has 8 aromatic rings. The minimum absolute atomic E-state index is 0.0742. The summed E-state index contributed by atoms with van der Waals surface area (Å²) in [7, 11) is 0. The van der Waals surface area contributed by atoms with Crippen LogP contribution in [0.25, 0.3) is 77.2 Å². The van der Waals surface area contributed by atoms with E-state index < -0.39 is 0 Å². The topological polar surface area (TPSA) is 9.23 Å². The molecular weight excluding hydrogens is 581 g/mol. The SMILES string of the molecule is CC1(C)c2cc(-c3cccc(-c4ccc5c6c(cccc46)-c4cc(-c6ccccc6)ccc4O5)c3)ccc2-c2c1ccc1ccccc21. The van der Waals surface area contributed by atoms with Crippen LogP contribution in [0.3, 0.4) is 0 Å². The van der Waals surface area contributed by atoms with Crippen LogP contribution in [0.2, 0.25) is 0 Å². The van der Waals surface area contributed by atoms with Gasteiger partial charge in [0.05, 0.1) is 0 Å². The molecule has 48 heavy (non-hydrogen) atoms. The van der Waals surface area contributed by atoms with Gasteiger partial charge in [0.25, 0.3) is 0 Å². The summed E-state index contributed by atoms with van der Waals surface area (Å²) in [5, 5.41) is 5.00. The fraction of sp³-hybridized carbons (Fsp3) is 0.0638. The average molecular weight is 613 g/mol. The van der Waals surface area contributed by atoms with Crippen molar-refractivity contribution in [3.63, 3.8) is 0 Å². The zero-order valence-electron chi connectivity index (χ0n) is 26.9. The fourth-order valence-corrected chi connectivity index (χ4v) is 8.25. The van der Waals surface area contributed by atoms with E-state index in [0.29, 0.717) is 0 Å². The molecule has 0 radical (unpaired) electrons. The highest BCUT2D eigenvalue weighted by atomic mass is 16.5. The third-order valence-electron chi connectivity index (χ3n) is 10.7. The van der Waals surface area contributed by atoms with Crippen molar-refractivity contribution in [2.75, 3.05) is 0 Å². The molecule has 0 bridgehead atoms. The van der Waals surface area contributed by atoms with Crippen LogP contribution in [0.1, 0.15) is 25.0 Å². The molecule has 8 aromatic carbocycles. The predicted octanol–water partition coefficient (Wildman–Crippen LogP) is 13.1. The van der Waals surface area contributed by atoms with Crippen molar-refractivity contribution in [2.24, 2.45) is 0 Å². The van der Waals surface area contributed by atoms with E-state index in [1.165, 1.54) is 82.7 Å². The van der Waals surface area contributed by atoms with E-state index in [4.69, 9.17) is 4.74 Å². The quantitative estimate of drug-likeness (QED) is 0.193. The van der Waals surface area contributed by atoms with E-state index in [0.717, 1.165) is 17.1 Å². The summed E-state index contributed by atoms with van der Waals surface area (Å²) >= 11 is 0. The van der Waals surface area contributed by atoms with Crippen LogP contribution in [-0.2, 0) is 5.41 Å². The molecule has 0 amide bonds. The fourth-order valence-electron chi connectivity index (χ4n) is 8.25. The molecule has 0 saturated heterocycles. The Balaban J connectivity index is 1.08. The molecule has 0 atom stereocenters. The summed E-state index contributed by atoms with van der Waals surface area (Å²) in [6, 6.07) is 57.6. The van der Waals surface area contributed by atoms with Gasteiger partial charge in [0.1, 0.15) is 11.5 Å². The number of hydrogen-bond donors (Lipinski definition) is 0. The standard InChI is InChI=1S/C47H32O/c1-47(2)41-23-19-30-12-6-7-15-36(30)45(41)39-21-18-33(28-42(39)47)31-13-8-14-34(26-31)35-22-25-44-46-37(35)16-9-17-38(46)40-27-32(20-24-43(40)48-44)29-10-4-3-5-11-29/h3-28H,1-2H3. The minimum Gasteiger partial charge on any atom is -0.456 e. The zero-order chi connectivity index (χ0) is 32.0. The lowest BCUT2D eigenvalue weighted by molar-refractivity contribution is 0.487. The van der Waals surface area contributed by atoms with Crippen LogP contribution >= 0.6 is 0 Å². The third kappa shape index (κ3) is 3.91. The van der Waals surface area contributed by atoms with Gasteiger partial charge in [-0.1, -0.05) is 141 Å². The smallest absolute Gasteiger partial charge is 0.135 e. The van der Waals surface area contributed by atoms with Gasteiger partial charge in [0.15, 0.2) is 0 Å². The number of benzene rings is 8. The van der Waals surface area contributed by atoms with Gasteiger partial charge >= 0.3 is 0 Å². The normalized spacial score (nSPS) is 13.5. The summed E-state index contributed by atoms with van der Waals surface area (Å²) < 4.78 is 6.54. The first-order valence-corrected chi connectivity index (χ1v) is 16.8. The monoisotopic (exact) mass is 612 g/mol. The van der Waals surface area contributed by atoms with E-state index in [1.807, 2.05) is 0 Å². The Bertz CT molecular complexity index is 2610. The molecule has 1 aliphatic carbocycles. The van der Waals surface area contributed by atoms with Gasteiger partial charge < -0.3 is 4.74 Å². The van der Waals surface area contributed by atoms with Gasteiger partial charge in [-0.05, 0) is 108 Å². The Morgan fingerprint density at radius 1 is 0.396 bits per heavy atom. The molecule has 10 rings (SSSR count). The summed E-state index contributed by atoms with van der Waals surface area (Å²) in [5.74, 6) is 1.81. The zero-order valence-corrected chi connectivity index (χ0v) is 26.9. The third-order valence-corrected chi connectivity index (χ3v) is 10.7. The average Bonchev–Trinajstić information content (AvgIpc) is 3.38. The lowest BCUT2D eigenvalue weighted by Gasteiger charge is -2.23. The Morgan fingerprint density at radius 3 is 2.00 bits per heavy atom. The molecule has 226 valence electrons. The molecule has 0 fully saturated rings. The maximum atomic E-state index is 6.54. The Hall–Kier alpha value is -5.92. The first-order chi connectivity index (χ1) is 23.5. The Kier molecular flexibility index (Phi) is 5.69. The molecule has 1 heteroatoms. The second-order valence-corrected chi connectivity index (χ2v) is 13.7. The van der Waals surface area contributed by atoms with E-state index in [-0.39, 0.29) is 5.41 Å². The molecule has 0 saturated carbocycles.